The van der Waals surface area contributed by atoms with E-state index in [1.807, 2.05) is 19.0 Å². The second-order valence-corrected chi connectivity index (χ2v) is 10.2. The summed E-state index contributed by atoms with van der Waals surface area (Å²) in [4.78, 5) is 23.1. The fraction of sp³-hybridized carbons (Fsp3) is 0.208. The molecule has 0 fully saturated rings. The van der Waals surface area contributed by atoms with Crippen molar-refractivity contribution in [3.63, 3.8) is 0 Å². The summed E-state index contributed by atoms with van der Waals surface area (Å²) in [6, 6.07) is 7.81. The van der Waals surface area contributed by atoms with Crippen LogP contribution in [0, 0.1) is 5.82 Å². The first kappa shape index (κ1) is 26.3. The van der Waals surface area contributed by atoms with Crippen LogP contribution < -0.4 is 19.8 Å². The highest BCUT2D eigenvalue weighted by molar-refractivity contribution is 7.92. The predicted octanol–water partition coefficient (Wildman–Crippen LogP) is 3.30. The quantitative estimate of drug-likeness (QED) is 0.339. The number of hydrogen-bond donors (Lipinski definition) is 1. The van der Waals surface area contributed by atoms with Crippen LogP contribution in [0.3, 0.4) is 0 Å². The smallest absolute Gasteiger partial charge is 0.300 e. The van der Waals surface area contributed by atoms with Gasteiger partial charge in [0.1, 0.15) is 28.7 Å². The normalized spacial score (nSPS) is 11.6. The van der Waals surface area contributed by atoms with E-state index < -0.39 is 15.8 Å². The first-order chi connectivity index (χ1) is 17.6. The molecule has 0 saturated heterocycles. The standard InChI is InChI=1S/C24H23ClFN5O5S/c1-30(2)8-9-36-20-13-27-22-7-4-15(14-31(22)24(20)32)16-10-19(23(35-3)28-12-16)29-37(33,34)21-6-5-17(26)11-18(21)25/h4-7,10-14,29H,8-9H2,1-3H3. The largest absolute Gasteiger partial charge is 0.485 e. The lowest BCUT2D eigenvalue weighted by Crippen LogP contribution is -2.23. The number of benzene rings is 1. The molecule has 0 amide bonds. The Hall–Kier alpha value is -3.74. The molecule has 1 aromatic carbocycles. The van der Waals surface area contributed by atoms with Crippen LogP contribution in [-0.4, -0.2) is 62.0 Å². The van der Waals surface area contributed by atoms with Gasteiger partial charge in [0.15, 0.2) is 0 Å². The SMILES string of the molecule is COc1ncc(-c2ccc3ncc(OCCN(C)C)c(=O)n3c2)cc1NS(=O)(=O)c1ccc(F)cc1Cl. The molecule has 1 N–H and O–H groups in total. The second kappa shape index (κ2) is 10.7. The molecule has 3 aromatic heterocycles. The summed E-state index contributed by atoms with van der Waals surface area (Å²) in [5.74, 6) is -0.562. The Morgan fingerprint density at radius 2 is 1.89 bits per heavy atom. The lowest BCUT2D eigenvalue weighted by Gasteiger charge is -2.14. The predicted molar refractivity (Wildman–Crippen MR) is 138 cm³/mol. The minimum absolute atomic E-state index is 0.00163. The summed E-state index contributed by atoms with van der Waals surface area (Å²) in [6.45, 7) is 0.946. The third kappa shape index (κ3) is 5.82. The summed E-state index contributed by atoms with van der Waals surface area (Å²) in [6.07, 6.45) is 4.41. The van der Waals surface area contributed by atoms with Crippen LogP contribution in [0.2, 0.25) is 5.02 Å². The van der Waals surface area contributed by atoms with Crippen LogP contribution in [0.25, 0.3) is 16.8 Å². The molecule has 0 saturated carbocycles. The molecule has 0 aliphatic heterocycles. The van der Waals surface area contributed by atoms with Gasteiger partial charge >= 0.3 is 0 Å². The van der Waals surface area contributed by atoms with Crippen LogP contribution >= 0.6 is 11.6 Å². The van der Waals surface area contributed by atoms with E-state index in [1.165, 1.54) is 30.0 Å². The van der Waals surface area contributed by atoms with Gasteiger partial charge < -0.3 is 14.4 Å². The van der Waals surface area contributed by atoms with Crippen molar-refractivity contribution in [3.05, 3.63) is 76.2 Å². The molecule has 3 heterocycles. The number of halogens is 2. The monoisotopic (exact) mass is 547 g/mol. The highest BCUT2D eigenvalue weighted by Crippen LogP contribution is 2.31. The third-order valence-electron chi connectivity index (χ3n) is 5.27. The number of rotatable bonds is 9. The average Bonchev–Trinajstić information content (AvgIpc) is 2.84. The third-order valence-corrected chi connectivity index (χ3v) is 7.12. The van der Waals surface area contributed by atoms with Gasteiger partial charge in [-0.1, -0.05) is 11.6 Å². The number of anilines is 1. The molecule has 0 bridgehead atoms. The van der Waals surface area contributed by atoms with Crippen molar-refractivity contribution in [2.45, 2.75) is 4.90 Å². The molecule has 4 aromatic rings. The van der Waals surface area contributed by atoms with Gasteiger partial charge in [-0.3, -0.25) is 13.9 Å². The number of fused-ring (bicyclic) bond motifs is 1. The molecule has 4 rings (SSSR count). The number of ether oxygens (including phenoxy) is 2. The number of nitrogens with one attached hydrogen (secondary N) is 1. The first-order valence-electron chi connectivity index (χ1n) is 10.9. The van der Waals surface area contributed by atoms with E-state index in [1.54, 1.807) is 18.3 Å². The number of aromatic nitrogens is 3. The van der Waals surface area contributed by atoms with Crippen LogP contribution in [0.4, 0.5) is 10.1 Å². The van der Waals surface area contributed by atoms with E-state index in [-0.39, 0.29) is 32.8 Å². The zero-order valence-electron chi connectivity index (χ0n) is 20.1. The summed E-state index contributed by atoms with van der Waals surface area (Å²) in [5, 5.41) is -0.277. The molecule has 0 aliphatic rings. The number of hydrogen-bond acceptors (Lipinski definition) is 8. The van der Waals surface area contributed by atoms with Crippen molar-refractivity contribution in [2.75, 3.05) is 39.1 Å². The molecular weight excluding hydrogens is 525 g/mol. The zero-order valence-corrected chi connectivity index (χ0v) is 21.7. The van der Waals surface area contributed by atoms with Gasteiger partial charge in [-0.2, -0.15) is 0 Å². The van der Waals surface area contributed by atoms with E-state index >= 15 is 0 Å². The number of nitrogens with zero attached hydrogens (tertiary/aromatic N) is 4. The summed E-state index contributed by atoms with van der Waals surface area (Å²) >= 11 is 5.95. The summed E-state index contributed by atoms with van der Waals surface area (Å²) in [5.41, 5.74) is 1.07. The molecule has 37 heavy (non-hydrogen) atoms. The van der Waals surface area contributed by atoms with Crippen LogP contribution in [-0.2, 0) is 10.0 Å². The van der Waals surface area contributed by atoms with Gasteiger partial charge in [0, 0.05) is 30.1 Å². The Morgan fingerprint density at radius 1 is 1.11 bits per heavy atom. The number of methoxy groups -OCH3 is 1. The van der Waals surface area contributed by atoms with Crippen molar-refractivity contribution in [1.82, 2.24) is 19.3 Å². The fourth-order valence-corrected chi connectivity index (χ4v) is 4.99. The molecule has 10 nitrogen and oxygen atoms in total. The van der Waals surface area contributed by atoms with Crippen molar-refractivity contribution in [1.29, 1.82) is 0 Å². The minimum atomic E-state index is -4.21. The van der Waals surface area contributed by atoms with E-state index in [2.05, 4.69) is 14.7 Å². The highest BCUT2D eigenvalue weighted by Gasteiger charge is 2.21. The Labute approximate surface area is 217 Å². The van der Waals surface area contributed by atoms with Crippen molar-refractivity contribution >= 4 is 33.0 Å². The van der Waals surface area contributed by atoms with E-state index in [0.717, 1.165) is 18.2 Å². The van der Waals surface area contributed by atoms with Crippen molar-refractivity contribution in [2.24, 2.45) is 0 Å². The van der Waals surface area contributed by atoms with Gasteiger partial charge in [0.05, 0.1) is 18.3 Å². The lowest BCUT2D eigenvalue weighted by atomic mass is 10.1. The van der Waals surface area contributed by atoms with E-state index in [0.29, 0.717) is 29.9 Å². The van der Waals surface area contributed by atoms with Gasteiger partial charge in [0.25, 0.3) is 15.6 Å². The van der Waals surface area contributed by atoms with Crippen molar-refractivity contribution < 1.29 is 22.3 Å². The fourth-order valence-electron chi connectivity index (χ4n) is 3.41. The van der Waals surface area contributed by atoms with Crippen LogP contribution in [0.5, 0.6) is 11.6 Å². The molecule has 0 spiro atoms. The van der Waals surface area contributed by atoms with E-state index in [4.69, 9.17) is 21.1 Å². The molecule has 194 valence electrons. The van der Waals surface area contributed by atoms with Gasteiger partial charge in [0.2, 0.25) is 11.6 Å². The topological polar surface area (TPSA) is 115 Å². The molecule has 0 atom stereocenters. The maximum Gasteiger partial charge on any atom is 0.300 e. The molecule has 0 radical (unpaired) electrons. The molecule has 0 aliphatic carbocycles. The Bertz CT molecular complexity index is 1630. The average molecular weight is 548 g/mol. The summed E-state index contributed by atoms with van der Waals surface area (Å²) < 4.78 is 53.9. The van der Waals surface area contributed by atoms with Gasteiger partial charge in [-0.15, -0.1) is 0 Å². The molecular formula is C24H23ClFN5O5S. The van der Waals surface area contributed by atoms with Crippen molar-refractivity contribution in [3.8, 4) is 22.8 Å². The first-order valence-corrected chi connectivity index (χ1v) is 12.8. The minimum Gasteiger partial charge on any atom is -0.485 e. The van der Waals surface area contributed by atoms with Gasteiger partial charge in [-0.05, 0) is 50.5 Å². The van der Waals surface area contributed by atoms with Crippen LogP contribution in [0.1, 0.15) is 0 Å². The zero-order chi connectivity index (χ0) is 26.7. The Balaban J connectivity index is 1.71. The number of pyridine rings is 2. The second-order valence-electron chi connectivity index (χ2n) is 8.19. The Morgan fingerprint density at radius 3 is 2.59 bits per heavy atom. The van der Waals surface area contributed by atoms with Crippen LogP contribution in [0.15, 0.2) is 64.7 Å². The number of sulfonamides is 1. The maximum atomic E-state index is 13.4. The summed E-state index contributed by atoms with van der Waals surface area (Å²) in [7, 11) is 0.920. The highest BCUT2D eigenvalue weighted by atomic mass is 35.5. The molecule has 13 heteroatoms. The Kier molecular flexibility index (Phi) is 7.62. The number of likely N-dealkylation sites (N-methyl/N-ethyl adjacent to an activating group) is 1. The lowest BCUT2D eigenvalue weighted by molar-refractivity contribution is 0.257. The molecule has 0 unspecified atom stereocenters. The maximum absolute atomic E-state index is 13.4. The van der Waals surface area contributed by atoms with Gasteiger partial charge in [-0.25, -0.2) is 22.8 Å². The van der Waals surface area contributed by atoms with E-state index in [9.17, 15) is 17.6 Å².